The molecule has 20 heavy (non-hydrogen) atoms. The van der Waals surface area contributed by atoms with Crippen LogP contribution in [0, 0.1) is 11.3 Å². The van der Waals surface area contributed by atoms with E-state index >= 15 is 0 Å². The highest BCUT2D eigenvalue weighted by atomic mass is 16.4. The highest BCUT2D eigenvalue weighted by Gasteiger charge is 2.33. The lowest BCUT2D eigenvalue weighted by molar-refractivity contribution is -0.138. The molecule has 0 aromatic rings. The van der Waals surface area contributed by atoms with Crippen molar-refractivity contribution >= 4 is 11.9 Å². The molecule has 1 fully saturated rings. The van der Waals surface area contributed by atoms with Gasteiger partial charge >= 0.3 is 5.97 Å². The van der Waals surface area contributed by atoms with Gasteiger partial charge in [-0.3, -0.25) is 9.59 Å². The van der Waals surface area contributed by atoms with Crippen molar-refractivity contribution in [1.29, 1.82) is 0 Å². The van der Waals surface area contributed by atoms with E-state index in [1.165, 1.54) is 6.42 Å². The number of hydrogen-bond donors (Lipinski definition) is 3. The molecule has 0 aliphatic heterocycles. The van der Waals surface area contributed by atoms with Gasteiger partial charge in [0.05, 0.1) is 6.42 Å². The van der Waals surface area contributed by atoms with Crippen molar-refractivity contribution in [2.45, 2.75) is 64.8 Å². The standard InChI is InChI=1S/C15H28N2O3/c1-11(2)12(8-14(19)20)17-13(18)9-15(10-16)6-4-3-5-7-15/h11-12H,3-10,16H2,1-2H3,(H,17,18)(H,19,20). The summed E-state index contributed by atoms with van der Waals surface area (Å²) in [6.07, 6.45) is 5.88. The highest BCUT2D eigenvalue weighted by Crippen LogP contribution is 2.38. The zero-order valence-electron chi connectivity index (χ0n) is 12.7. The first-order chi connectivity index (χ1) is 9.38. The Morgan fingerprint density at radius 2 is 1.85 bits per heavy atom. The van der Waals surface area contributed by atoms with Crippen LogP contribution in [0.5, 0.6) is 0 Å². The minimum atomic E-state index is -0.879. The summed E-state index contributed by atoms with van der Waals surface area (Å²) in [4.78, 5) is 23.0. The van der Waals surface area contributed by atoms with E-state index in [0.29, 0.717) is 13.0 Å². The highest BCUT2D eigenvalue weighted by molar-refractivity contribution is 5.78. The molecule has 1 amide bonds. The van der Waals surface area contributed by atoms with E-state index in [1.54, 1.807) is 0 Å². The second-order valence-electron chi connectivity index (χ2n) is 6.46. The van der Waals surface area contributed by atoms with Gasteiger partial charge in [-0.1, -0.05) is 33.1 Å². The topological polar surface area (TPSA) is 92.4 Å². The lowest BCUT2D eigenvalue weighted by atomic mass is 9.71. The molecule has 1 atom stereocenters. The molecule has 116 valence electrons. The van der Waals surface area contributed by atoms with E-state index in [1.807, 2.05) is 13.8 Å². The summed E-state index contributed by atoms with van der Waals surface area (Å²) in [6.45, 7) is 4.38. The van der Waals surface area contributed by atoms with Gasteiger partial charge in [0.25, 0.3) is 0 Å². The van der Waals surface area contributed by atoms with Crippen LogP contribution in [-0.2, 0) is 9.59 Å². The number of nitrogens with one attached hydrogen (secondary N) is 1. The van der Waals surface area contributed by atoms with Crippen LogP contribution < -0.4 is 11.1 Å². The van der Waals surface area contributed by atoms with E-state index in [9.17, 15) is 9.59 Å². The molecule has 1 aliphatic rings. The fraction of sp³-hybridized carbons (Fsp3) is 0.867. The molecule has 0 aromatic heterocycles. The molecule has 1 aliphatic carbocycles. The number of nitrogens with two attached hydrogens (primary N) is 1. The lowest BCUT2D eigenvalue weighted by Gasteiger charge is -2.36. The summed E-state index contributed by atoms with van der Waals surface area (Å²) >= 11 is 0. The van der Waals surface area contributed by atoms with E-state index in [4.69, 9.17) is 10.8 Å². The Labute approximate surface area is 121 Å². The van der Waals surface area contributed by atoms with Crippen molar-refractivity contribution in [2.75, 3.05) is 6.54 Å². The number of carboxylic acid groups (broad SMARTS) is 1. The quantitative estimate of drug-likeness (QED) is 0.665. The second kappa shape index (κ2) is 7.62. The lowest BCUT2D eigenvalue weighted by Crippen LogP contribution is -2.44. The van der Waals surface area contributed by atoms with Gasteiger partial charge < -0.3 is 16.2 Å². The van der Waals surface area contributed by atoms with E-state index in [-0.39, 0.29) is 29.7 Å². The Balaban J connectivity index is 2.57. The molecule has 1 saturated carbocycles. The predicted molar refractivity (Wildman–Crippen MR) is 78.2 cm³/mol. The smallest absolute Gasteiger partial charge is 0.305 e. The molecule has 4 N–H and O–H groups in total. The number of amides is 1. The molecular formula is C15H28N2O3. The fourth-order valence-corrected chi connectivity index (χ4v) is 2.99. The Bertz CT molecular complexity index is 336. The molecule has 0 aromatic carbocycles. The summed E-state index contributed by atoms with van der Waals surface area (Å²) < 4.78 is 0. The predicted octanol–water partition coefficient (Wildman–Crippen LogP) is 1.90. The van der Waals surface area contributed by atoms with Gasteiger partial charge in [-0.15, -0.1) is 0 Å². The van der Waals surface area contributed by atoms with E-state index < -0.39 is 5.97 Å². The number of carbonyl (C=O) groups is 2. The molecule has 1 rings (SSSR count). The van der Waals surface area contributed by atoms with Crippen LogP contribution in [0.25, 0.3) is 0 Å². The largest absolute Gasteiger partial charge is 0.481 e. The van der Waals surface area contributed by atoms with Gasteiger partial charge in [0.15, 0.2) is 0 Å². The van der Waals surface area contributed by atoms with Gasteiger partial charge in [-0.2, -0.15) is 0 Å². The molecule has 5 heteroatoms. The van der Waals surface area contributed by atoms with Crippen LogP contribution in [0.1, 0.15) is 58.8 Å². The van der Waals surface area contributed by atoms with Crippen molar-refractivity contribution in [3.63, 3.8) is 0 Å². The third-order valence-electron chi connectivity index (χ3n) is 4.43. The van der Waals surface area contributed by atoms with Crippen LogP contribution >= 0.6 is 0 Å². The number of hydrogen-bond acceptors (Lipinski definition) is 3. The van der Waals surface area contributed by atoms with E-state index in [0.717, 1.165) is 25.7 Å². The monoisotopic (exact) mass is 284 g/mol. The SMILES string of the molecule is CC(C)C(CC(=O)O)NC(=O)CC1(CN)CCCCC1. The maximum absolute atomic E-state index is 12.2. The fourth-order valence-electron chi connectivity index (χ4n) is 2.99. The first-order valence-corrected chi connectivity index (χ1v) is 7.60. The van der Waals surface area contributed by atoms with Crippen LogP contribution in [0.15, 0.2) is 0 Å². The van der Waals surface area contributed by atoms with Crippen molar-refractivity contribution < 1.29 is 14.7 Å². The third-order valence-corrected chi connectivity index (χ3v) is 4.43. The average molecular weight is 284 g/mol. The van der Waals surface area contributed by atoms with Crippen LogP contribution in [0.3, 0.4) is 0 Å². The maximum Gasteiger partial charge on any atom is 0.305 e. The first kappa shape index (κ1) is 17.0. The zero-order chi connectivity index (χ0) is 15.2. The van der Waals surface area contributed by atoms with Gasteiger partial charge in [0.2, 0.25) is 5.91 Å². The van der Waals surface area contributed by atoms with Crippen molar-refractivity contribution in [1.82, 2.24) is 5.32 Å². The number of carboxylic acids is 1. The minimum absolute atomic E-state index is 0.0287. The summed E-state index contributed by atoms with van der Waals surface area (Å²) in [5, 5.41) is 11.8. The molecule has 0 bridgehead atoms. The Kier molecular flexibility index (Phi) is 6.46. The Morgan fingerprint density at radius 3 is 2.30 bits per heavy atom. The number of aliphatic carboxylic acids is 1. The van der Waals surface area contributed by atoms with Crippen molar-refractivity contribution in [2.24, 2.45) is 17.1 Å². The summed E-state index contributed by atoms with van der Waals surface area (Å²) in [5.74, 6) is -0.831. The number of rotatable bonds is 7. The third kappa shape index (κ3) is 5.12. The van der Waals surface area contributed by atoms with Crippen molar-refractivity contribution in [3.05, 3.63) is 0 Å². The van der Waals surface area contributed by atoms with Crippen molar-refractivity contribution in [3.8, 4) is 0 Å². The normalized spacial score (nSPS) is 19.6. The molecular weight excluding hydrogens is 256 g/mol. The van der Waals surface area contributed by atoms with Gasteiger partial charge in [0.1, 0.15) is 0 Å². The molecule has 1 unspecified atom stereocenters. The Hall–Kier alpha value is -1.10. The molecule has 5 nitrogen and oxygen atoms in total. The molecule has 0 spiro atoms. The zero-order valence-corrected chi connectivity index (χ0v) is 12.7. The van der Waals surface area contributed by atoms with Crippen LogP contribution in [-0.4, -0.2) is 29.6 Å². The second-order valence-corrected chi connectivity index (χ2v) is 6.46. The maximum atomic E-state index is 12.2. The van der Waals surface area contributed by atoms with Gasteiger partial charge in [0, 0.05) is 12.5 Å². The minimum Gasteiger partial charge on any atom is -0.481 e. The summed E-state index contributed by atoms with van der Waals surface area (Å²) in [5.41, 5.74) is 5.81. The van der Waals surface area contributed by atoms with Crippen LogP contribution in [0.2, 0.25) is 0 Å². The first-order valence-electron chi connectivity index (χ1n) is 7.60. The van der Waals surface area contributed by atoms with Gasteiger partial charge in [-0.25, -0.2) is 0 Å². The Morgan fingerprint density at radius 1 is 1.25 bits per heavy atom. The molecule has 0 saturated heterocycles. The summed E-state index contributed by atoms with van der Waals surface area (Å²) in [6, 6.07) is -0.307. The summed E-state index contributed by atoms with van der Waals surface area (Å²) in [7, 11) is 0. The molecule has 0 heterocycles. The van der Waals surface area contributed by atoms with Crippen LogP contribution in [0.4, 0.5) is 0 Å². The van der Waals surface area contributed by atoms with Gasteiger partial charge in [-0.05, 0) is 30.7 Å². The average Bonchev–Trinajstić information content (AvgIpc) is 2.38. The van der Waals surface area contributed by atoms with E-state index in [2.05, 4.69) is 5.32 Å². The number of carbonyl (C=O) groups excluding carboxylic acids is 1. The molecule has 0 radical (unpaired) electrons.